The maximum absolute atomic E-state index is 12.9. The average Bonchev–Trinajstić information content (AvgIpc) is 3.43. The molecule has 1 unspecified atom stereocenters. The summed E-state index contributed by atoms with van der Waals surface area (Å²) in [6, 6.07) is 0. The number of unbranched alkanes of at least 4 members (excludes halogenated alkanes) is 23. The van der Waals surface area contributed by atoms with Crippen LogP contribution in [0.5, 0.6) is 0 Å². The predicted octanol–water partition coefficient (Wildman–Crippen LogP) is 21.8. The minimum Gasteiger partial charge on any atom is -0.462 e. The van der Waals surface area contributed by atoms with Crippen LogP contribution < -0.4 is 0 Å². The van der Waals surface area contributed by atoms with Crippen molar-refractivity contribution in [2.75, 3.05) is 13.2 Å². The van der Waals surface area contributed by atoms with E-state index in [1.807, 2.05) is 0 Å². The summed E-state index contributed by atoms with van der Waals surface area (Å²) in [5.74, 6) is -0.950. The van der Waals surface area contributed by atoms with Gasteiger partial charge >= 0.3 is 17.9 Å². The van der Waals surface area contributed by atoms with Crippen LogP contribution in [0.2, 0.25) is 0 Å². The Morgan fingerprint density at radius 1 is 0.273 bits per heavy atom. The molecule has 0 aliphatic rings. The van der Waals surface area contributed by atoms with Gasteiger partial charge in [0.2, 0.25) is 0 Å². The van der Waals surface area contributed by atoms with Crippen molar-refractivity contribution in [3.8, 4) is 0 Å². The highest BCUT2D eigenvalue weighted by atomic mass is 16.6. The van der Waals surface area contributed by atoms with Crippen LogP contribution in [0.1, 0.15) is 278 Å². The van der Waals surface area contributed by atoms with E-state index in [2.05, 4.69) is 154 Å². The highest BCUT2D eigenvalue weighted by Crippen LogP contribution is 2.14. The zero-order valence-electron chi connectivity index (χ0n) is 49.9. The number of ether oxygens (including phenoxy) is 3. The molecule has 0 aliphatic heterocycles. The third-order valence-corrected chi connectivity index (χ3v) is 13.1. The first-order valence-electron chi connectivity index (χ1n) is 31.7. The van der Waals surface area contributed by atoms with E-state index in [9.17, 15) is 14.4 Å². The molecule has 0 heterocycles. The molecule has 0 radical (unpaired) electrons. The van der Waals surface area contributed by atoms with Crippen molar-refractivity contribution in [2.45, 2.75) is 284 Å². The zero-order valence-corrected chi connectivity index (χ0v) is 49.9. The van der Waals surface area contributed by atoms with Crippen LogP contribution in [0.4, 0.5) is 0 Å². The topological polar surface area (TPSA) is 78.9 Å². The van der Waals surface area contributed by atoms with Crippen molar-refractivity contribution in [3.63, 3.8) is 0 Å². The van der Waals surface area contributed by atoms with Crippen LogP contribution in [-0.4, -0.2) is 37.2 Å². The summed E-state index contributed by atoms with van der Waals surface area (Å²) in [5.41, 5.74) is 0. The molecule has 0 amide bonds. The van der Waals surface area contributed by atoms with E-state index in [4.69, 9.17) is 14.2 Å². The van der Waals surface area contributed by atoms with Gasteiger partial charge < -0.3 is 14.2 Å². The lowest BCUT2D eigenvalue weighted by atomic mass is 10.1. The summed E-state index contributed by atoms with van der Waals surface area (Å²) in [6.07, 6.45) is 90.1. The molecule has 6 nitrogen and oxygen atoms in total. The Labute approximate surface area is 475 Å². The monoisotopic (exact) mass is 1060 g/mol. The molecule has 0 fully saturated rings. The van der Waals surface area contributed by atoms with E-state index in [0.29, 0.717) is 19.3 Å². The van der Waals surface area contributed by atoms with Gasteiger partial charge in [0.25, 0.3) is 0 Å². The minimum absolute atomic E-state index is 0.101. The Hall–Kier alpha value is -4.45. The fourth-order valence-corrected chi connectivity index (χ4v) is 8.36. The Bertz CT molecular complexity index is 1650. The van der Waals surface area contributed by atoms with Gasteiger partial charge in [0.05, 0.1) is 0 Å². The fourth-order valence-electron chi connectivity index (χ4n) is 8.36. The number of rotatable bonds is 56. The standard InChI is InChI=1S/C71H116O6/c1-4-7-10-13-16-19-22-25-28-30-32-33-34-35-36-37-39-40-43-46-49-52-55-58-61-64-70(73)76-67-68(66-75-69(72)63-60-57-54-51-48-45-42-27-24-21-18-15-12-9-6-3)77-71(74)65-62-59-56-53-50-47-44-41-38-31-29-26-23-20-17-14-11-8-5-2/h7,10,16-21,25-29,32-33,35-36,39-40,42,46,49,68H,4-6,8-9,11-15,22-24,30-31,34,37-38,41,43-45,47-48,50-67H2,1-3H3/b10-7-,19-16-,20-17-,21-18-,28-25-,29-26-,33-32-,36-35-,40-39-,42-27-,49-46-. The molecule has 0 saturated carbocycles. The molecule has 77 heavy (non-hydrogen) atoms. The largest absolute Gasteiger partial charge is 0.462 e. The maximum Gasteiger partial charge on any atom is 0.306 e. The second-order valence-corrected chi connectivity index (χ2v) is 20.6. The molecule has 1 atom stereocenters. The number of carbonyl (C=O) groups excluding carboxylic acids is 3. The first kappa shape index (κ1) is 72.5. The molecule has 0 rings (SSSR count). The quantitative estimate of drug-likeness (QED) is 0.0261. The van der Waals surface area contributed by atoms with Gasteiger partial charge in [-0.05, 0) is 141 Å². The summed E-state index contributed by atoms with van der Waals surface area (Å²) in [7, 11) is 0. The molecule has 0 aromatic rings. The molecule has 0 spiro atoms. The number of hydrogen-bond acceptors (Lipinski definition) is 6. The van der Waals surface area contributed by atoms with Crippen LogP contribution in [-0.2, 0) is 28.6 Å². The molecule has 0 aromatic carbocycles. The average molecular weight is 1070 g/mol. The first-order chi connectivity index (χ1) is 38.0. The summed E-state index contributed by atoms with van der Waals surface area (Å²) >= 11 is 0. The third-order valence-electron chi connectivity index (χ3n) is 13.1. The lowest BCUT2D eigenvalue weighted by Gasteiger charge is -2.18. The Morgan fingerprint density at radius 3 is 0.805 bits per heavy atom. The Kier molecular flexibility index (Phi) is 60.4. The van der Waals surface area contributed by atoms with E-state index in [0.717, 1.165) is 141 Å². The second kappa shape index (κ2) is 64.1. The van der Waals surface area contributed by atoms with Crippen molar-refractivity contribution in [1.29, 1.82) is 0 Å². The molecule has 0 aliphatic carbocycles. The van der Waals surface area contributed by atoms with Gasteiger partial charge in [-0.2, -0.15) is 0 Å². The predicted molar refractivity (Wildman–Crippen MR) is 334 cm³/mol. The lowest BCUT2D eigenvalue weighted by molar-refractivity contribution is -0.167. The second-order valence-electron chi connectivity index (χ2n) is 20.6. The van der Waals surface area contributed by atoms with E-state index in [-0.39, 0.29) is 31.1 Å². The lowest BCUT2D eigenvalue weighted by Crippen LogP contribution is -2.30. The van der Waals surface area contributed by atoms with Crippen molar-refractivity contribution < 1.29 is 28.6 Å². The van der Waals surface area contributed by atoms with Crippen LogP contribution in [0.3, 0.4) is 0 Å². The molecule has 0 bridgehead atoms. The van der Waals surface area contributed by atoms with Gasteiger partial charge in [0.1, 0.15) is 13.2 Å². The molecule has 436 valence electrons. The molecule has 6 heteroatoms. The van der Waals surface area contributed by atoms with Crippen LogP contribution in [0.15, 0.2) is 134 Å². The van der Waals surface area contributed by atoms with Gasteiger partial charge in [-0.3, -0.25) is 14.4 Å². The number of esters is 3. The highest BCUT2D eigenvalue weighted by Gasteiger charge is 2.19. The number of carbonyl (C=O) groups is 3. The molecule has 0 N–H and O–H groups in total. The van der Waals surface area contributed by atoms with E-state index in [1.165, 1.54) is 96.3 Å². The highest BCUT2D eigenvalue weighted by molar-refractivity contribution is 5.71. The molecule has 0 aromatic heterocycles. The Balaban J connectivity index is 4.47. The Morgan fingerprint density at radius 2 is 0.506 bits per heavy atom. The maximum atomic E-state index is 12.9. The smallest absolute Gasteiger partial charge is 0.306 e. The van der Waals surface area contributed by atoms with Crippen molar-refractivity contribution in [3.05, 3.63) is 134 Å². The van der Waals surface area contributed by atoms with Gasteiger partial charge in [0, 0.05) is 19.3 Å². The van der Waals surface area contributed by atoms with Crippen LogP contribution in [0.25, 0.3) is 0 Å². The summed E-state index contributed by atoms with van der Waals surface area (Å²) in [4.78, 5) is 38.3. The van der Waals surface area contributed by atoms with Crippen LogP contribution >= 0.6 is 0 Å². The van der Waals surface area contributed by atoms with Crippen molar-refractivity contribution in [2.24, 2.45) is 0 Å². The summed E-state index contributed by atoms with van der Waals surface area (Å²) < 4.78 is 16.9. The number of allylic oxidation sites excluding steroid dienone is 22. The molecular weight excluding hydrogens is 949 g/mol. The van der Waals surface area contributed by atoms with E-state index < -0.39 is 6.10 Å². The van der Waals surface area contributed by atoms with Crippen molar-refractivity contribution >= 4 is 17.9 Å². The molecular formula is C71H116O6. The van der Waals surface area contributed by atoms with Gasteiger partial charge in [-0.1, -0.05) is 251 Å². The minimum atomic E-state index is -0.807. The van der Waals surface area contributed by atoms with Gasteiger partial charge in [-0.15, -0.1) is 0 Å². The SMILES string of the molecule is CC/C=C\C/C=C\C/C=C\C/C=C\C/C=C\C/C=C\C/C=C\CCCCCC(=O)OCC(COC(=O)CCCCCCC/C=C\C/C=C\CCCCC)OC(=O)CCCCCCCCCCC/C=C\C/C=C\CCCCC. The third kappa shape index (κ3) is 62.3. The summed E-state index contributed by atoms with van der Waals surface area (Å²) in [5, 5.41) is 0. The first-order valence-corrected chi connectivity index (χ1v) is 31.7. The van der Waals surface area contributed by atoms with Gasteiger partial charge in [-0.25, -0.2) is 0 Å². The summed E-state index contributed by atoms with van der Waals surface area (Å²) in [6.45, 7) is 6.44. The van der Waals surface area contributed by atoms with E-state index in [1.54, 1.807) is 0 Å². The van der Waals surface area contributed by atoms with E-state index >= 15 is 0 Å². The van der Waals surface area contributed by atoms with Gasteiger partial charge in [0.15, 0.2) is 6.10 Å². The normalized spacial score (nSPS) is 13.0. The van der Waals surface area contributed by atoms with Crippen molar-refractivity contribution in [1.82, 2.24) is 0 Å². The fraction of sp³-hybridized carbons (Fsp3) is 0.648. The zero-order chi connectivity index (χ0) is 55.7. The molecule has 0 saturated heterocycles. The van der Waals surface area contributed by atoms with Crippen LogP contribution in [0, 0.1) is 0 Å². The number of hydrogen-bond donors (Lipinski definition) is 0.